The first kappa shape index (κ1) is 12.6. The number of benzene rings is 1. The molecule has 0 spiro atoms. The van der Waals surface area contributed by atoms with Gasteiger partial charge in [-0.05, 0) is 50.3 Å². The molecule has 0 amide bonds. The predicted molar refractivity (Wildman–Crippen MR) is 73.0 cm³/mol. The van der Waals surface area contributed by atoms with E-state index in [-0.39, 0.29) is 11.7 Å². The van der Waals surface area contributed by atoms with Crippen molar-refractivity contribution in [2.24, 2.45) is 0 Å². The van der Waals surface area contributed by atoms with Crippen molar-refractivity contribution >= 4 is 12.2 Å². The fraction of sp³-hybridized carbons (Fsp3) is 0.231. The fourth-order valence-electron chi connectivity index (χ4n) is 1.58. The van der Waals surface area contributed by atoms with E-state index in [1.807, 2.05) is 38.1 Å². The highest BCUT2D eigenvalue weighted by Crippen LogP contribution is 2.16. The molecule has 94 valence electrons. The van der Waals surface area contributed by atoms with E-state index < -0.39 is 0 Å². The van der Waals surface area contributed by atoms with Gasteiger partial charge in [0, 0.05) is 18.0 Å². The van der Waals surface area contributed by atoms with Gasteiger partial charge in [-0.1, -0.05) is 0 Å². The van der Waals surface area contributed by atoms with Gasteiger partial charge in [-0.2, -0.15) is 0 Å². The molecule has 0 aliphatic heterocycles. The molecule has 0 unspecified atom stereocenters. The molecule has 0 radical (unpaired) electrons. The lowest BCUT2D eigenvalue weighted by molar-refractivity contribution is 0.242. The Bertz CT molecular complexity index is 641. The second-order valence-corrected chi connectivity index (χ2v) is 4.53. The van der Waals surface area contributed by atoms with E-state index in [2.05, 4.69) is 4.98 Å². The first-order chi connectivity index (χ1) is 8.56. The lowest BCUT2D eigenvalue weighted by atomic mass is 10.3. The van der Waals surface area contributed by atoms with Crippen molar-refractivity contribution in [3.63, 3.8) is 0 Å². The van der Waals surface area contributed by atoms with Gasteiger partial charge in [0.05, 0.1) is 6.10 Å². The Labute approximate surface area is 110 Å². The maximum Gasteiger partial charge on any atom is 0.251 e. The SMILES string of the molecule is CC(C)Oc1ccc(-n2ccc(=O)[nH]c2=S)cc1. The molecule has 0 bridgehead atoms. The standard InChI is InChI=1S/C13H14N2O2S/c1-9(2)17-11-5-3-10(4-6-11)15-8-7-12(16)14-13(15)18/h3-9H,1-2H3,(H,14,16,18). The Balaban J connectivity index is 2.34. The van der Waals surface area contributed by atoms with Crippen LogP contribution in [0.15, 0.2) is 41.3 Å². The first-order valence-electron chi connectivity index (χ1n) is 5.65. The number of nitrogens with one attached hydrogen (secondary N) is 1. The first-order valence-corrected chi connectivity index (χ1v) is 6.06. The highest BCUT2D eigenvalue weighted by molar-refractivity contribution is 7.71. The molecule has 2 aromatic rings. The summed E-state index contributed by atoms with van der Waals surface area (Å²) in [6.45, 7) is 3.96. The minimum Gasteiger partial charge on any atom is -0.491 e. The van der Waals surface area contributed by atoms with Crippen LogP contribution < -0.4 is 10.3 Å². The van der Waals surface area contributed by atoms with Crippen LogP contribution in [0.25, 0.3) is 5.69 Å². The van der Waals surface area contributed by atoms with Crippen LogP contribution in [0, 0.1) is 4.77 Å². The number of aromatic nitrogens is 2. The molecule has 0 fully saturated rings. The van der Waals surface area contributed by atoms with Crippen LogP contribution in [0.2, 0.25) is 0 Å². The third-order valence-corrected chi connectivity index (χ3v) is 2.61. The summed E-state index contributed by atoms with van der Waals surface area (Å²) in [4.78, 5) is 13.7. The summed E-state index contributed by atoms with van der Waals surface area (Å²) in [5, 5.41) is 0. The van der Waals surface area contributed by atoms with Gasteiger partial charge in [0.15, 0.2) is 4.77 Å². The van der Waals surface area contributed by atoms with E-state index in [9.17, 15) is 4.79 Å². The van der Waals surface area contributed by atoms with Crippen LogP contribution in [0.4, 0.5) is 0 Å². The molecule has 0 saturated carbocycles. The number of H-pyrrole nitrogens is 1. The minimum absolute atomic E-state index is 0.145. The van der Waals surface area contributed by atoms with Gasteiger partial charge in [0.1, 0.15) is 5.75 Å². The summed E-state index contributed by atoms with van der Waals surface area (Å²) in [7, 11) is 0. The highest BCUT2D eigenvalue weighted by atomic mass is 32.1. The number of rotatable bonds is 3. The summed E-state index contributed by atoms with van der Waals surface area (Å²) in [6.07, 6.45) is 1.80. The van der Waals surface area contributed by atoms with Gasteiger partial charge in [-0.3, -0.25) is 14.3 Å². The lowest BCUT2D eigenvalue weighted by Gasteiger charge is -2.11. The maximum atomic E-state index is 11.1. The molecule has 1 heterocycles. The van der Waals surface area contributed by atoms with Crippen molar-refractivity contribution < 1.29 is 4.74 Å². The molecule has 0 saturated heterocycles. The van der Waals surface area contributed by atoms with Crippen LogP contribution in [0.3, 0.4) is 0 Å². The third kappa shape index (κ3) is 2.87. The molecule has 1 aromatic heterocycles. The average molecular weight is 262 g/mol. The highest BCUT2D eigenvalue weighted by Gasteiger charge is 2.00. The molecule has 0 aliphatic carbocycles. The normalized spacial score (nSPS) is 10.6. The molecule has 4 nitrogen and oxygen atoms in total. The smallest absolute Gasteiger partial charge is 0.251 e. The topological polar surface area (TPSA) is 47.0 Å². The van der Waals surface area contributed by atoms with E-state index in [0.717, 1.165) is 11.4 Å². The summed E-state index contributed by atoms with van der Waals surface area (Å²) < 4.78 is 7.67. The molecular weight excluding hydrogens is 248 g/mol. The number of hydrogen-bond acceptors (Lipinski definition) is 3. The van der Waals surface area contributed by atoms with Crippen LogP contribution in [-0.2, 0) is 0 Å². The van der Waals surface area contributed by atoms with Gasteiger partial charge < -0.3 is 4.74 Å². The van der Waals surface area contributed by atoms with Crippen molar-refractivity contribution in [3.05, 3.63) is 51.7 Å². The molecule has 0 aliphatic rings. The molecule has 2 rings (SSSR count). The van der Waals surface area contributed by atoms with E-state index in [0.29, 0.717) is 4.77 Å². The number of nitrogens with zero attached hydrogens (tertiary/aromatic N) is 1. The summed E-state index contributed by atoms with van der Waals surface area (Å²) >= 11 is 5.10. The van der Waals surface area contributed by atoms with Crippen molar-refractivity contribution in [2.45, 2.75) is 20.0 Å². The minimum atomic E-state index is -0.198. The Morgan fingerprint density at radius 1 is 1.22 bits per heavy atom. The second-order valence-electron chi connectivity index (χ2n) is 4.14. The predicted octanol–water partition coefficient (Wildman–Crippen LogP) is 2.68. The number of aromatic amines is 1. The number of ether oxygens (including phenoxy) is 1. The average Bonchev–Trinajstić information content (AvgIpc) is 2.30. The summed E-state index contributed by atoms with van der Waals surface area (Å²) in [5.41, 5.74) is 0.684. The van der Waals surface area contributed by atoms with E-state index >= 15 is 0 Å². The summed E-state index contributed by atoms with van der Waals surface area (Å²) in [5.74, 6) is 0.810. The molecule has 5 heteroatoms. The van der Waals surface area contributed by atoms with Crippen LogP contribution in [0.5, 0.6) is 5.75 Å². The zero-order chi connectivity index (χ0) is 13.1. The van der Waals surface area contributed by atoms with Crippen molar-refractivity contribution in [2.75, 3.05) is 0 Å². The Kier molecular flexibility index (Phi) is 3.62. The monoisotopic (exact) mass is 262 g/mol. The van der Waals surface area contributed by atoms with E-state index in [1.165, 1.54) is 6.07 Å². The van der Waals surface area contributed by atoms with Crippen molar-refractivity contribution in [1.29, 1.82) is 0 Å². The van der Waals surface area contributed by atoms with Crippen LogP contribution >= 0.6 is 12.2 Å². The van der Waals surface area contributed by atoms with Gasteiger partial charge in [-0.15, -0.1) is 0 Å². The zero-order valence-corrected chi connectivity index (χ0v) is 11.0. The number of hydrogen-bond donors (Lipinski definition) is 1. The summed E-state index contributed by atoms with van der Waals surface area (Å²) in [6, 6.07) is 8.98. The largest absolute Gasteiger partial charge is 0.491 e. The van der Waals surface area contributed by atoms with Gasteiger partial charge in [-0.25, -0.2) is 0 Å². The van der Waals surface area contributed by atoms with Crippen LogP contribution in [0.1, 0.15) is 13.8 Å². The van der Waals surface area contributed by atoms with Crippen molar-refractivity contribution in [1.82, 2.24) is 9.55 Å². The van der Waals surface area contributed by atoms with E-state index in [4.69, 9.17) is 17.0 Å². The van der Waals surface area contributed by atoms with Gasteiger partial charge >= 0.3 is 0 Å². The maximum absolute atomic E-state index is 11.1. The Morgan fingerprint density at radius 2 is 1.89 bits per heavy atom. The zero-order valence-electron chi connectivity index (χ0n) is 10.2. The Morgan fingerprint density at radius 3 is 2.44 bits per heavy atom. The fourth-order valence-corrected chi connectivity index (χ4v) is 1.84. The second kappa shape index (κ2) is 5.18. The van der Waals surface area contributed by atoms with Gasteiger partial charge in [0.25, 0.3) is 5.56 Å². The third-order valence-electron chi connectivity index (χ3n) is 2.31. The lowest BCUT2D eigenvalue weighted by Crippen LogP contribution is -2.10. The molecule has 18 heavy (non-hydrogen) atoms. The molecule has 1 aromatic carbocycles. The van der Waals surface area contributed by atoms with Crippen LogP contribution in [-0.4, -0.2) is 15.7 Å². The van der Waals surface area contributed by atoms with Gasteiger partial charge in [0.2, 0.25) is 0 Å². The Hall–Kier alpha value is -1.88. The quantitative estimate of drug-likeness (QED) is 0.865. The molecule has 1 N–H and O–H groups in total. The molecular formula is C13H14N2O2S. The molecule has 0 atom stereocenters. The van der Waals surface area contributed by atoms with E-state index in [1.54, 1.807) is 10.8 Å². The van der Waals surface area contributed by atoms with Crippen molar-refractivity contribution in [3.8, 4) is 11.4 Å².